The summed E-state index contributed by atoms with van der Waals surface area (Å²) in [6.07, 6.45) is 3.20. The molecule has 92 valence electrons. The van der Waals surface area contributed by atoms with E-state index in [1.165, 1.54) is 5.57 Å². The summed E-state index contributed by atoms with van der Waals surface area (Å²) in [4.78, 5) is 2.08. The third-order valence-corrected chi connectivity index (χ3v) is 3.17. The number of anilines is 1. The second-order valence-electron chi connectivity index (χ2n) is 4.76. The Labute approximate surface area is 102 Å². The molecule has 2 nitrogen and oxygen atoms in total. The van der Waals surface area contributed by atoms with Crippen LogP contribution in [0.25, 0.3) is 0 Å². The van der Waals surface area contributed by atoms with Crippen molar-refractivity contribution < 1.29 is 4.39 Å². The van der Waals surface area contributed by atoms with Gasteiger partial charge in [0.15, 0.2) is 0 Å². The molecular weight excluding hydrogens is 215 g/mol. The summed E-state index contributed by atoms with van der Waals surface area (Å²) in [5.41, 5.74) is 8.57. The molecule has 0 spiro atoms. The highest BCUT2D eigenvalue weighted by atomic mass is 19.1. The van der Waals surface area contributed by atoms with Crippen LogP contribution in [0.15, 0.2) is 29.8 Å². The second-order valence-corrected chi connectivity index (χ2v) is 4.76. The highest BCUT2D eigenvalue weighted by Crippen LogP contribution is 2.25. The van der Waals surface area contributed by atoms with Crippen LogP contribution >= 0.6 is 0 Å². The van der Waals surface area contributed by atoms with Gasteiger partial charge in [-0.15, -0.1) is 0 Å². The van der Waals surface area contributed by atoms with E-state index in [-0.39, 0.29) is 11.9 Å². The Morgan fingerprint density at radius 1 is 1.41 bits per heavy atom. The molecule has 1 unspecified atom stereocenters. The molecule has 3 heteroatoms. The van der Waals surface area contributed by atoms with E-state index in [1.54, 1.807) is 6.07 Å². The Morgan fingerprint density at radius 3 is 2.76 bits per heavy atom. The third-order valence-electron chi connectivity index (χ3n) is 3.17. The number of benzene rings is 1. The summed E-state index contributed by atoms with van der Waals surface area (Å²) in [6, 6.07) is 5.18. The van der Waals surface area contributed by atoms with Gasteiger partial charge in [-0.3, -0.25) is 0 Å². The first kappa shape index (κ1) is 12.1. The zero-order valence-electron chi connectivity index (χ0n) is 10.4. The average molecular weight is 234 g/mol. The number of halogens is 1. The Morgan fingerprint density at radius 2 is 2.18 bits per heavy atom. The van der Waals surface area contributed by atoms with Crippen LogP contribution in [0.5, 0.6) is 0 Å². The molecule has 1 aromatic rings. The molecule has 2 rings (SSSR count). The van der Waals surface area contributed by atoms with Crippen molar-refractivity contribution in [3.8, 4) is 0 Å². The molecule has 1 atom stereocenters. The van der Waals surface area contributed by atoms with E-state index < -0.39 is 0 Å². The first-order valence-corrected chi connectivity index (χ1v) is 6.03. The molecule has 0 amide bonds. The van der Waals surface area contributed by atoms with Gasteiger partial charge < -0.3 is 10.6 Å². The van der Waals surface area contributed by atoms with Crippen LogP contribution in [0.2, 0.25) is 0 Å². The van der Waals surface area contributed by atoms with Crippen molar-refractivity contribution in [1.29, 1.82) is 0 Å². The average Bonchev–Trinajstić information content (AvgIpc) is 2.28. The van der Waals surface area contributed by atoms with E-state index >= 15 is 0 Å². The topological polar surface area (TPSA) is 29.3 Å². The van der Waals surface area contributed by atoms with Gasteiger partial charge >= 0.3 is 0 Å². The smallest absolute Gasteiger partial charge is 0.146 e. The van der Waals surface area contributed by atoms with Crippen molar-refractivity contribution in [2.45, 2.75) is 26.3 Å². The summed E-state index contributed by atoms with van der Waals surface area (Å²) < 4.78 is 14.0. The van der Waals surface area contributed by atoms with E-state index in [2.05, 4.69) is 17.9 Å². The van der Waals surface area contributed by atoms with Gasteiger partial charge in [-0.25, -0.2) is 4.39 Å². The van der Waals surface area contributed by atoms with Crippen molar-refractivity contribution >= 4 is 5.69 Å². The van der Waals surface area contributed by atoms with Crippen molar-refractivity contribution in [3.63, 3.8) is 0 Å². The Bertz CT molecular complexity index is 438. The van der Waals surface area contributed by atoms with E-state index in [9.17, 15) is 4.39 Å². The van der Waals surface area contributed by atoms with Crippen molar-refractivity contribution in [3.05, 3.63) is 41.2 Å². The van der Waals surface area contributed by atoms with Gasteiger partial charge in [-0.1, -0.05) is 17.7 Å². The lowest BCUT2D eigenvalue weighted by Crippen LogP contribution is -2.29. The minimum atomic E-state index is -0.172. The van der Waals surface area contributed by atoms with E-state index in [0.717, 1.165) is 25.1 Å². The predicted octanol–water partition coefficient (Wildman–Crippen LogP) is 3.00. The molecule has 1 heterocycles. The zero-order valence-corrected chi connectivity index (χ0v) is 10.4. The summed E-state index contributed by atoms with van der Waals surface area (Å²) in [7, 11) is 0. The first-order chi connectivity index (χ1) is 8.08. The largest absolute Gasteiger partial charge is 0.365 e. The maximum atomic E-state index is 14.0. The lowest BCUT2D eigenvalue weighted by Gasteiger charge is -2.28. The van der Waals surface area contributed by atoms with Gasteiger partial charge in [-0.05, 0) is 38.0 Å². The SMILES string of the molecule is CC1=CCCN(c2ccc(C(C)N)cc2F)C1. The normalized spacial score (nSPS) is 17.9. The highest BCUT2D eigenvalue weighted by Gasteiger charge is 2.15. The number of hydrogen-bond acceptors (Lipinski definition) is 2. The lowest BCUT2D eigenvalue weighted by molar-refractivity contribution is 0.612. The van der Waals surface area contributed by atoms with Crippen LogP contribution in [-0.2, 0) is 0 Å². The van der Waals surface area contributed by atoms with E-state index in [1.807, 2.05) is 19.1 Å². The molecule has 0 aromatic heterocycles. The van der Waals surface area contributed by atoms with Crippen LogP contribution in [0.3, 0.4) is 0 Å². The van der Waals surface area contributed by atoms with Crippen LogP contribution in [-0.4, -0.2) is 13.1 Å². The van der Waals surface area contributed by atoms with Crippen LogP contribution in [0.1, 0.15) is 31.9 Å². The fourth-order valence-electron chi connectivity index (χ4n) is 2.18. The molecule has 1 aliphatic heterocycles. The molecule has 2 N–H and O–H groups in total. The van der Waals surface area contributed by atoms with Crippen LogP contribution < -0.4 is 10.6 Å². The quantitative estimate of drug-likeness (QED) is 0.797. The van der Waals surface area contributed by atoms with Crippen molar-refractivity contribution in [2.24, 2.45) is 5.73 Å². The Hall–Kier alpha value is -1.35. The van der Waals surface area contributed by atoms with Gasteiger partial charge in [0.2, 0.25) is 0 Å². The number of hydrogen-bond donors (Lipinski definition) is 1. The second kappa shape index (κ2) is 4.88. The summed E-state index contributed by atoms with van der Waals surface area (Å²) in [5, 5.41) is 0. The van der Waals surface area contributed by atoms with Crippen molar-refractivity contribution in [2.75, 3.05) is 18.0 Å². The van der Waals surface area contributed by atoms with Crippen LogP contribution in [0, 0.1) is 5.82 Å². The number of rotatable bonds is 2. The lowest BCUT2D eigenvalue weighted by atomic mass is 10.1. The Balaban J connectivity index is 2.25. The fourth-order valence-corrected chi connectivity index (χ4v) is 2.18. The first-order valence-electron chi connectivity index (χ1n) is 6.03. The Kier molecular flexibility index (Phi) is 3.48. The maximum absolute atomic E-state index is 14.0. The van der Waals surface area contributed by atoms with Gasteiger partial charge in [0.1, 0.15) is 5.82 Å². The van der Waals surface area contributed by atoms with Gasteiger partial charge in [-0.2, -0.15) is 0 Å². The molecule has 1 aromatic carbocycles. The molecule has 0 saturated carbocycles. The minimum Gasteiger partial charge on any atom is -0.365 e. The molecule has 0 aliphatic carbocycles. The van der Waals surface area contributed by atoms with Gasteiger partial charge in [0, 0.05) is 19.1 Å². The predicted molar refractivity (Wildman–Crippen MR) is 69.6 cm³/mol. The molecular formula is C14H19FN2. The minimum absolute atomic E-state index is 0.124. The number of nitrogens with two attached hydrogens (primary N) is 1. The monoisotopic (exact) mass is 234 g/mol. The molecule has 0 fully saturated rings. The summed E-state index contributed by atoms with van der Waals surface area (Å²) in [6.45, 7) is 5.64. The summed E-state index contributed by atoms with van der Waals surface area (Å²) in [5.74, 6) is -0.172. The van der Waals surface area contributed by atoms with Crippen molar-refractivity contribution in [1.82, 2.24) is 0 Å². The molecule has 0 bridgehead atoms. The fraction of sp³-hybridized carbons (Fsp3) is 0.429. The molecule has 17 heavy (non-hydrogen) atoms. The summed E-state index contributed by atoms with van der Waals surface area (Å²) >= 11 is 0. The molecule has 1 aliphatic rings. The zero-order chi connectivity index (χ0) is 12.4. The molecule has 0 saturated heterocycles. The van der Waals surface area contributed by atoms with E-state index in [0.29, 0.717) is 5.69 Å². The van der Waals surface area contributed by atoms with Gasteiger partial charge in [0.05, 0.1) is 5.69 Å². The third kappa shape index (κ3) is 2.67. The standard InChI is InChI=1S/C14H19FN2/c1-10-4-3-7-17(9-10)14-6-5-12(11(2)16)8-13(14)15/h4-6,8,11H,3,7,9,16H2,1-2H3. The van der Waals surface area contributed by atoms with Gasteiger partial charge in [0.25, 0.3) is 0 Å². The number of nitrogens with zero attached hydrogens (tertiary/aromatic N) is 1. The van der Waals surface area contributed by atoms with E-state index in [4.69, 9.17) is 5.73 Å². The maximum Gasteiger partial charge on any atom is 0.146 e. The van der Waals surface area contributed by atoms with Crippen LogP contribution in [0.4, 0.5) is 10.1 Å². The highest BCUT2D eigenvalue weighted by molar-refractivity contribution is 5.51. The molecule has 0 radical (unpaired) electrons.